The molecule has 0 aliphatic rings. The number of phenols is 1. The maximum Gasteiger partial charge on any atom is 0.181 e. The second-order valence-electron chi connectivity index (χ2n) is 3.09. The first kappa shape index (κ1) is 11.0. The van der Waals surface area contributed by atoms with Crippen LogP contribution in [-0.4, -0.2) is 24.5 Å². The summed E-state index contributed by atoms with van der Waals surface area (Å²) in [7, 11) is 1.66. The number of phenolic OH excluding ortho intramolecular Hbond substituents is 1. The SMILES string of the molecule is CNCC(=O)c1c(O)cc(C)cc1Cl. The van der Waals surface area contributed by atoms with Gasteiger partial charge in [-0.1, -0.05) is 11.6 Å². The van der Waals surface area contributed by atoms with Crippen LogP contribution in [-0.2, 0) is 0 Å². The van der Waals surface area contributed by atoms with E-state index in [1.165, 1.54) is 6.07 Å². The van der Waals surface area contributed by atoms with Gasteiger partial charge in [0, 0.05) is 0 Å². The van der Waals surface area contributed by atoms with Gasteiger partial charge >= 0.3 is 0 Å². The number of carbonyl (C=O) groups is 1. The molecular formula is C10H12ClNO2. The fourth-order valence-corrected chi connectivity index (χ4v) is 1.62. The highest BCUT2D eigenvalue weighted by atomic mass is 35.5. The van der Waals surface area contributed by atoms with E-state index in [-0.39, 0.29) is 23.6 Å². The van der Waals surface area contributed by atoms with Crippen LogP contribution in [0.1, 0.15) is 15.9 Å². The Hall–Kier alpha value is -1.06. The number of hydrogen-bond acceptors (Lipinski definition) is 3. The van der Waals surface area contributed by atoms with Crippen LogP contribution in [0.3, 0.4) is 0 Å². The van der Waals surface area contributed by atoms with Crippen LogP contribution in [0.2, 0.25) is 5.02 Å². The van der Waals surface area contributed by atoms with Crippen molar-refractivity contribution < 1.29 is 9.90 Å². The van der Waals surface area contributed by atoms with Crippen molar-refractivity contribution in [3.8, 4) is 5.75 Å². The van der Waals surface area contributed by atoms with Crippen molar-refractivity contribution in [1.82, 2.24) is 5.32 Å². The van der Waals surface area contributed by atoms with E-state index >= 15 is 0 Å². The van der Waals surface area contributed by atoms with Crippen LogP contribution < -0.4 is 5.32 Å². The summed E-state index contributed by atoms with van der Waals surface area (Å²) >= 11 is 5.86. The molecule has 1 rings (SSSR count). The van der Waals surface area contributed by atoms with Gasteiger partial charge in [-0.2, -0.15) is 0 Å². The molecule has 14 heavy (non-hydrogen) atoms. The van der Waals surface area contributed by atoms with Gasteiger partial charge in [-0.3, -0.25) is 4.79 Å². The van der Waals surface area contributed by atoms with Gasteiger partial charge in [-0.05, 0) is 31.7 Å². The molecule has 0 radical (unpaired) electrons. The van der Waals surface area contributed by atoms with Crippen LogP contribution in [0.25, 0.3) is 0 Å². The third-order valence-corrected chi connectivity index (χ3v) is 2.13. The second kappa shape index (κ2) is 4.44. The zero-order valence-electron chi connectivity index (χ0n) is 8.10. The van der Waals surface area contributed by atoms with Gasteiger partial charge in [-0.15, -0.1) is 0 Å². The van der Waals surface area contributed by atoms with Crippen molar-refractivity contribution >= 4 is 17.4 Å². The van der Waals surface area contributed by atoms with Crippen LogP contribution in [0.5, 0.6) is 5.75 Å². The number of ketones is 1. The van der Waals surface area contributed by atoms with E-state index in [9.17, 15) is 9.90 Å². The molecule has 0 aliphatic heterocycles. The fraction of sp³-hybridized carbons (Fsp3) is 0.300. The van der Waals surface area contributed by atoms with Crippen molar-refractivity contribution in [3.63, 3.8) is 0 Å². The first-order valence-electron chi connectivity index (χ1n) is 4.23. The predicted octanol–water partition coefficient (Wildman–Crippen LogP) is 1.76. The number of aromatic hydroxyl groups is 1. The van der Waals surface area contributed by atoms with E-state index in [0.29, 0.717) is 5.02 Å². The predicted molar refractivity (Wildman–Crippen MR) is 56.1 cm³/mol. The number of likely N-dealkylation sites (N-methyl/N-ethyl adjacent to an activating group) is 1. The average Bonchev–Trinajstić information content (AvgIpc) is 2.01. The standard InChI is InChI=1S/C10H12ClNO2/c1-6-3-7(11)10(8(13)4-6)9(14)5-12-2/h3-4,12-13H,5H2,1-2H3. The molecule has 0 unspecified atom stereocenters. The number of nitrogens with one attached hydrogen (secondary N) is 1. The number of carbonyl (C=O) groups excluding carboxylic acids is 1. The lowest BCUT2D eigenvalue weighted by Gasteiger charge is -2.06. The summed E-state index contributed by atoms with van der Waals surface area (Å²) in [6, 6.07) is 3.18. The number of Topliss-reactive ketones (excluding diaryl/α,β-unsaturated/α-hetero) is 1. The molecule has 0 heterocycles. The van der Waals surface area contributed by atoms with Crippen LogP contribution in [0.15, 0.2) is 12.1 Å². The van der Waals surface area contributed by atoms with Gasteiger partial charge in [-0.25, -0.2) is 0 Å². The summed E-state index contributed by atoms with van der Waals surface area (Å²) in [5.74, 6) is -0.273. The molecule has 0 saturated carbocycles. The van der Waals surface area contributed by atoms with Gasteiger partial charge in [0.25, 0.3) is 0 Å². The van der Waals surface area contributed by atoms with Crippen molar-refractivity contribution in [2.45, 2.75) is 6.92 Å². The molecule has 0 bridgehead atoms. The molecule has 0 aliphatic carbocycles. The van der Waals surface area contributed by atoms with E-state index < -0.39 is 0 Å². The minimum Gasteiger partial charge on any atom is -0.507 e. The number of benzene rings is 1. The van der Waals surface area contributed by atoms with E-state index in [0.717, 1.165) is 5.56 Å². The average molecular weight is 214 g/mol. The Kier molecular flexibility index (Phi) is 3.49. The summed E-state index contributed by atoms with van der Waals surface area (Å²) in [6.07, 6.45) is 0. The van der Waals surface area contributed by atoms with Crippen LogP contribution in [0, 0.1) is 6.92 Å². The van der Waals surface area contributed by atoms with E-state index in [4.69, 9.17) is 11.6 Å². The number of rotatable bonds is 3. The molecule has 0 spiro atoms. The maximum absolute atomic E-state index is 11.5. The Labute approximate surface area is 87.7 Å². The van der Waals surface area contributed by atoms with Gasteiger partial charge < -0.3 is 10.4 Å². The zero-order valence-corrected chi connectivity index (χ0v) is 8.85. The Morgan fingerprint density at radius 2 is 2.21 bits per heavy atom. The maximum atomic E-state index is 11.5. The number of aryl methyl sites for hydroxylation is 1. The summed E-state index contributed by atoms with van der Waals surface area (Å²) in [4.78, 5) is 11.5. The topological polar surface area (TPSA) is 49.3 Å². The first-order chi connectivity index (χ1) is 6.56. The fourth-order valence-electron chi connectivity index (χ4n) is 1.25. The van der Waals surface area contributed by atoms with Crippen LogP contribution >= 0.6 is 11.6 Å². The van der Waals surface area contributed by atoms with Gasteiger partial charge in [0.15, 0.2) is 5.78 Å². The quantitative estimate of drug-likeness (QED) is 0.753. The third-order valence-electron chi connectivity index (χ3n) is 1.83. The lowest BCUT2D eigenvalue weighted by Crippen LogP contribution is -2.19. The lowest BCUT2D eigenvalue weighted by atomic mass is 10.1. The molecule has 0 aromatic heterocycles. The molecule has 0 amide bonds. The normalized spacial score (nSPS) is 10.2. The minimum atomic E-state index is -0.213. The molecule has 2 N–H and O–H groups in total. The Morgan fingerprint density at radius 3 is 2.71 bits per heavy atom. The molecule has 76 valence electrons. The molecule has 1 aromatic carbocycles. The summed E-state index contributed by atoms with van der Waals surface area (Å²) in [5, 5.41) is 12.5. The van der Waals surface area contributed by atoms with Crippen molar-refractivity contribution in [2.24, 2.45) is 0 Å². The Morgan fingerprint density at radius 1 is 1.57 bits per heavy atom. The highest BCUT2D eigenvalue weighted by molar-refractivity contribution is 6.34. The smallest absolute Gasteiger partial charge is 0.181 e. The van der Waals surface area contributed by atoms with Crippen molar-refractivity contribution in [3.05, 3.63) is 28.3 Å². The van der Waals surface area contributed by atoms with E-state index in [2.05, 4.69) is 5.32 Å². The number of hydrogen-bond donors (Lipinski definition) is 2. The molecule has 0 saturated heterocycles. The molecule has 0 fully saturated rings. The summed E-state index contributed by atoms with van der Waals surface area (Å²) < 4.78 is 0. The molecule has 0 atom stereocenters. The monoisotopic (exact) mass is 213 g/mol. The van der Waals surface area contributed by atoms with Crippen molar-refractivity contribution in [2.75, 3.05) is 13.6 Å². The minimum absolute atomic E-state index is 0.0600. The summed E-state index contributed by atoms with van der Waals surface area (Å²) in [5.41, 5.74) is 1.01. The molecular weight excluding hydrogens is 202 g/mol. The van der Waals surface area contributed by atoms with E-state index in [1.54, 1.807) is 20.0 Å². The third kappa shape index (κ3) is 2.25. The highest BCUT2D eigenvalue weighted by Crippen LogP contribution is 2.27. The molecule has 4 heteroatoms. The van der Waals surface area contributed by atoms with Gasteiger partial charge in [0.05, 0.1) is 17.1 Å². The second-order valence-corrected chi connectivity index (χ2v) is 3.50. The molecule has 1 aromatic rings. The summed E-state index contributed by atoms with van der Waals surface area (Å²) in [6.45, 7) is 1.97. The molecule has 3 nitrogen and oxygen atoms in total. The zero-order chi connectivity index (χ0) is 10.7. The first-order valence-corrected chi connectivity index (χ1v) is 4.61. The Bertz CT molecular complexity index is 340. The Balaban J connectivity index is 3.14. The largest absolute Gasteiger partial charge is 0.507 e. The highest BCUT2D eigenvalue weighted by Gasteiger charge is 2.14. The van der Waals surface area contributed by atoms with Crippen LogP contribution in [0.4, 0.5) is 0 Å². The lowest BCUT2D eigenvalue weighted by molar-refractivity contribution is 0.0991. The van der Waals surface area contributed by atoms with Gasteiger partial charge in [0.1, 0.15) is 5.75 Å². The van der Waals surface area contributed by atoms with Crippen molar-refractivity contribution in [1.29, 1.82) is 0 Å². The van der Waals surface area contributed by atoms with E-state index in [1.807, 2.05) is 0 Å². The van der Waals surface area contributed by atoms with Gasteiger partial charge in [0.2, 0.25) is 0 Å². The number of halogens is 1.